The van der Waals surface area contributed by atoms with Crippen molar-refractivity contribution in [3.05, 3.63) is 23.8 Å². The fourth-order valence-corrected chi connectivity index (χ4v) is 1.94. The maximum absolute atomic E-state index is 5.70. The number of para-hydroxylation sites is 1. The fraction of sp³-hybridized carbons (Fsp3) is 0.429. The Morgan fingerprint density at radius 1 is 1.35 bits per heavy atom. The van der Waals surface area contributed by atoms with Gasteiger partial charge in [0.25, 0.3) is 0 Å². The summed E-state index contributed by atoms with van der Waals surface area (Å²) in [7, 11) is 1.94. The lowest BCUT2D eigenvalue weighted by Gasteiger charge is -2.24. The molecule has 17 heavy (non-hydrogen) atoms. The van der Waals surface area contributed by atoms with E-state index in [0.29, 0.717) is 13.2 Å². The number of hydrogen-bond donors (Lipinski definition) is 1. The highest BCUT2D eigenvalue weighted by atomic mass is 16.6. The van der Waals surface area contributed by atoms with Crippen molar-refractivity contribution in [3.63, 3.8) is 0 Å². The van der Waals surface area contributed by atoms with E-state index in [9.17, 15) is 0 Å². The summed E-state index contributed by atoms with van der Waals surface area (Å²) in [6, 6.07) is 6.17. The van der Waals surface area contributed by atoms with Gasteiger partial charge in [-0.3, -0.25) is 0 Å². The second-order valence-corrected chi connectivity index (χ2v) is 3.84. The van der Waals surface area contributed by atoms with Crippen LogP contribution in [0, 0.1) is 11.8 Å². The first-order chi connectivity index (χ1) is 8.36. The molecule has 1 aliphatic heterocycles. The lowest BCUT2D eigenvalue weighted by Crippen LogP contribution is -2.21. The fourth-order valence-electron chi connectivity index (χ4n) is 1.94. The highest BCUT2D eigenvalue weighted by molar-refractivity contribution is 5.49. The Balaban J connectivity index is 2.31. The number of hydrogen-bond acceptors (Lipinski definition) is 3. The third-order valence-corrected chi connectivity index (χ3v) is 2.80. The van der Waals surface area contributed by atoms with Crippen LogP contribution in [0.2, 0.25) is 0 Å². The van der Waals surface area contributed by atoms with Crippen LogP contribution < -0.4 is 14.8 Å². The van der Waals surface area contributed by atoms with Gasteiger partial charge in [-0.1, -0.05) is 12.1 Å². The third-order valence-electron chi connectivity index (χ3n) is 2.80. The molecule has 90 valence electrons. The minimum absolute atomic E-state index is 0.180. The lowest BCUT2D eigenvalue weighted by atomic mass is 10.0. The molecule has 1 aromatic carbocycles. The molecule has 2 rings (SSSR count). The van der Waals surface area contributed by atoms with Crippen molar-refractivity contribution in [1.29, 1.82) is 0 Å². The Kier molecular flexibility index (Phi) is 3.89. The molecule has 0 amide bonds. The SMILES string of the molecule is CC#CCC(NC)c1cccc2c1OCCO2. The summed E-state index contributed by atoms with van der Waals surface area (Å²) < 4.78 is 11.3. The predicted molar refractivity (Wildman–Crippen MR) is 67.3 cm³/mol. The smallest absolute Gasteiger partial charge is 0.166 e. The Labute approximate surface area is 102 Å². The molecule has 3 heteroatoms. The molecule has 3 nitrogen and oxygen atoms in total. The predicted octanol–water partition coefficient (Wildman–Crippen LogP) is 2.13. The number of nitrogens with one attached hydrogen (secondary N) is 1. The Morgan fingerprint density at radius 3 is 2.94 bits per heavy atom. The second kappa shape index (κ2) is 5.60. The van der Waals surface area contributed by atoms with Gasteiger partial charge in [-0.2, -0.15) is 0 Å². The number of ether oxygens (including phenoxy) is 2. The highest BCUT2D eigenvalue weighted by Crippen LogP contribution is 2.37. The zero-order valence-electron chi connectivity index (χ0n) is 10.2. The van der Waals surface area contributed by atoms with Crippen LogP contribution in [-0.4, -0.2) is 20.3 Å². The molecule has 0 fully saturated rings. The molecule has 0 saturated heterocycles. The first-order valence-electron chi connectivity index (χ1n) is 5.82. The summed E-state index contributed by atoms with van der Waals surface area (Å²) >= 11 is 0. The molecule has 0 radical (unpaired) electrons. The molecule has 1 aromatic rings. The van der Waals surface area contributed by atoms with Crippen molar-refractivity contribution in [2.75, 3.05) is 20.3 Å². The van der Waals surface area contributed by atoms with Crippen molar-refractivity contribution in [3.8, 4) is 23.3 Å². The summed E-state index contributed by atoms with van der Waals surface area (Å²) in [5.41, 5.74) is 1.12. The maximum atomic E-state index is 5.70. The molecule has 1 N–H and O–H groups in total. The average molecular weight is 231 g/mol. The van der Waals surface area contributed by atoms with E-state index in [1.54, 1.807) is 0 Å². The molecule has 1 aliphatic rings. The first kappa shape index (κ1) is 11.8. The first-order valence-corrected chi connectivity index (χ1v) is 5.82. The van der Waals surface area contributed by atoms with Crippen molar-refractivity contribution in [1.82, 2.24) is 5.32 Å². The molecule has 0 saturated carbocycles. The van der Waals surface area contributed by atoms with Gasteiger partial charge < -0.3 is 14.8 Å². The standard InChI is InChI=1S/C14H17NO2/c1-3-4-7-12(15-2)11-6-5-8-13-14(11)17-10-9-16-13/h5-6,8,12,15H,7,9-10H2,1-2H3. The number of fused-ring (bicyclic) bond motifs is 1. The molecule has 0 aliphatic carbocycles. The molecule has 0 bridgehead atoms. The van der Waals surface area contributed by atoms with Crippen LogP contribution in [0.15, 0.2) is 18.2 Å². The monoisotopic (exact) mass is 231 g/mol. The van der Waals surface area contributed by atoms with Crippen LogP contribution in [0.1, 0.15) is 24.9 Å². The topological polar surface area (TPSA) is 30.5 Å². The summed E-state index contributed by atoms with van der Waals surface area (Å²) in [6.45, 7) is 3.09. The van der Waals surface area contributed by atoms with Crippen LogP contribution in [0.3, 0.4) is 0 Å². The van der Waals surface area contributed by atoms with Gasteiger partial charge in [0.05, 0.1) is 0 Å². The normalized spacial score (nSPS) is 14.7. The molecule has 1 unspecified atom stereocenters. The van der Waals surface area contributed by atoms with E-state index in [0.717, 1.165) is 23.5 Å². The van der Waals surface area contributed by atoms with Crippen molar-refractivity contribution < 1.29 is 9.47 Å². The van der Waals surface area contributed by atoms with Gasteiger partial charge in [0, 0.05) is 18.0 Å². The molecule has 1 heterocycles. The third kappa shape index (κ3) is 2.54. The number of benzene rings is 1. The number of rotatable bonds is 3. The van der Waals surface area contributed by atoms with Gasteiger partial charge in [-0.05, 0) is 20.0 Å². The van der Waals surface area contributed by atoms with Gasteiger partial charge in [0.1, 0.15) is 13.2 Å². The summed E-state index contributed by atoms with van der Waals surface area (Å²) in [5, 5.41) is 3.27. The van der Waals surface area contributed by atoms with E-state index in [-0.39, 0.29) is 6.04 Å². The van der Waals surface area contributed by atoms with Crippen LogP contribution in [0.4, 0.5) is 0 Å². The van der Waals surface area contributed by atoms with Crippen LogP contribution in [-0.2, 0) is 0 Å². The molecule has 0 aromatic heterocycles. The summed E-state index contributed by atoms with van der Waals surface area (Å²) in [6.07, 6.45) is 0.771. The minimum atomic E-state index is 0.180. The quantitative estimate of drug-likeness (QED) is 0.808. The van der Waals surface area contributed by atoms with E-state index in [1.165, 1.54) is 0 Å². The lowest BCUT2D eigenvalue weighted by molar-refractivity contribution is 0.169. The van der Waals surface area contributed by atoms with E-state index in [2.05, 4.69) is 23.2 Å². The Morgan fingerprint density at radius 2 is 2.18 bits per heavy atom. The van der Waals surface area contributed by atoms with Crippen LogP contribution in [0.5, 0.6) is 11.5 Å². The van der Waals surface area contributed by atoms with E-state index in [4.69, 9.17) is 9.47 Å². The molecular formula is C14H17NO2. The zero-order chi connectivity index (χ0) is 12.1. The Bertz CT molecular complexity index is 445. The molecule has 1 atom stereocenters. The summed E-state index contributed by atoms with van der Waals surface area (Å²) in [5.74, 6) is 7.71. The van der Waals surface area contributed by atoms with Crippen molar-refractivity contribution in [2.24, 2.45) is 0 Å². The molecule has 0 spiro atoms. The van der Waals surface area contributed by atoms with E-state index < -0.39 is 0 Å². The van der Waals surface area contributed by atoms with Gasteiger partial charge >= 0.3 is 0 Å². The van der Waals surface area contributed by atoms with Gasteiger partial charge in [-0.25, -0.2) is 0 Å². The van der Waals surface area contributed by atoms with Crippen molar-refractivity contribution in [2.45, 2.75) is 19.4 Å². The average Bonchev–Trinajstić information content (AvgIpc) is 2.40. The molecular weight excluding hydrogens is 214 g/mol. The minimum Gasteiger partial charge on any atom is -0.486 e. The van der Waals surface area contributed by atoms with Gasteiger partial charge in [-0.15, -0.1) is 11.8 Å². The second-order valence-electron chi connectivity index (χ2n) is 3.84. The summed E-state index contributed by atoms with van der Waals surface area (Å²) in [4.78, 5) is 0. The highest BCUT2D eigenvalue weighted by Gasteiger charge is 2.20. The Hall–Kier alpha value is -1.66. The van der Waals surface area contributed by atoms with Crippen molar-refractivity contribution >= 4 is 0 Å². The van der Waals surface area contributed by atoms with Gasteiger partial charge in [0.15, 0.2) is 11.5 Å². The zero-order valence-corrected chi connectivity index (χ0v) is 10.2. The largest absolute Gasteiger partial charge is 0.486 e. The maximum Gasteiger partial charge on any atom is 0.166 e. The van der Waals surface area contributed by atoms with E-state index in [1.807, 2.05) is 26.1 Å². The van der Waals surface area contributed by atoms with Crippen LogP contribution in [0.25, 0.3) is 0 Å². The van der Waals surface area contributed by atoms with E-state index >= 15 is 0 Å². The van der Waals surface area contributed by atoms with Gasteiger partial charge in [0.2, 0.25) is 0 Å². The van der Waals surface area contributed by atoms with Crippen LogP contribution >= 0.6 is 0 Å².